The first-order valence-electron chi connectivity index (χ1n) is 7.83. The number of likely N-dealkylation sites (tertiary alicyclic amines) is 1. The van der Waals surface area contributed by atoms with E-state index >= 15 is 0 Å². The first-order chi connectivity index (χ1) is 11.6. The van der Waals surface area contributed by atoms with E-state index in [0.29, 0.717) is 18.3 Å². The van der Waals surface area contributed by atoms with Crippen molar-refractivity contribution in [3.8, 4) is 0 Å². The smallest absolute Gasteiger partial charge is 0.269 e. The molecule has 6 nitrogen and oxygen atoms in total. The molecule has 0 spiro atoms. The van der Waals surface area contributed by atoms with E-state index in [2.05, 4.69) is 21.7 Å². The van der Waals surface area contributed by atoms with E-state index in [9.17, 15) is 14.9 Å². The Morgan fingerprint density at radius 1 is 1.38 bits per heavy atom. The standard InChI is InChI=1S/C17H19N3O3S/c1-18(14-4-6-15(7-5-14)20(22)23)17(21)11-19-9-2-3-16(19)13-8-10-24-12-13/h4-8,10,12,16H,2-3,9,11H2,1H3/t16-/m1/s1. The summed E-state index contributed by atoms with van der Waals surface area (Å²) in [6.07, 6.45) is 2.17. The summed E-state index contributed by atoms with van der Waals surface area (Å²) in [5, 5.41) is 14.9. The number of nitro benzene ring substituents is 1. The Labute approximate surface area is 144 Å². The molecule has 1 aliphatic rings. The number of hydrogen-bond acceptors (Lipinski definition) is 5. The molecular formula is C17H19N3O3S. The van der Waals surface area contributed by atoms with E-state index in [1.54, 1.807) is 35.4 Å². The summed E-state index contributed by atoms with van der Waals surface area (Å²) in [6.45, 7) is 1.27. The van der Waals surface area contributed by atoms with Crippen molar-refractivity contribution in [1.82, 2.24) is 4.90 Å². The molecule has 1 aliphatic heterocycles. The van der Waals surface area contributed by atoms with Gasteiger partial charge >= 0.3 is 0 Å². The molecule has 2 heterocycles. The summed E-state index contributed by atoms with van der Waals surface area (Å²) in [6, 6.07) is 8.49. The van der Waals surface area contributed by atoms with Gasteiger partial charge in [0.1, 0.15) is 0 Å². The third-order valence-electron chi connectivity index (χ3n) is 4.45. The van der Waals surface area contributed by atoms with Crippen LogP contribution in [0.2, 0.25) is 0 Å². The van der Waals surface area contributed by atoms with Gasteiger partial charge in [0.25, 0.3) is 5.69 Å². The lowest BCUT2D eigenvalue weighted by Gasteiger charge is -2.26. The van der Waals surface area contributed by atoms with Crippen molar-refractivity contribution in [2.45, 2.75) is 18.9 Å². The number of rotatable bonds is 5. The Morgan fingerprint density at radius 2 is 2.12 bits per heavy atom. The Balaban J connectivity index is 1.66. The minimum Gasteiger partial charge on any atom is -0.314 e. The predicted octanol–water partition coefficient (Wildman–Crippen LogP) is 3.46. The van der Waals surface area contributed by atoms with Crippen molar-refractivity contribution in [2.24, 2.45) is 0 Å². The summed E-state index contributed by atoms with van der Waals surface area (Å²) in [5.74, 6) is -0.00835. The van der Waals surface area contributed by atoms with Crippen LogP contribution in [0.25, 0.3) is 0 Å². The van der Waals surface area contributed by atoms with Gasteiger partial charge in [-0.25, -0.2) is 0 Å². The average molecular weight is 345 g/mol. The highest BCUT2D eigenvalue weighted by Gasteiger charge is 2.28. The van der Waals surface area contributed by atoms with E-state index in [-0.39, 0.29) is 11.6 Å². The Kier molecular flexibility index (Phi) is 4.92. The number of amides is 1. The molecule has 7 heteroatoms. The quantitative estimate of drug-likeness (QED) is 0.615. The molecule has 1 fully saturated rings. The first-order valence-corrected chi connectivity index (χ1v) is 8.77. The first kappa shape index (κ1) is 16.6. The molecule has 1 aromatic carbocycles. The number of nitro groups is 1. The number of carbonyl (C=O) groups is 1. The van der Waals surface area contributed by atoms with Crippen molar-refractivity contribution in [3.63, 3.8) is 0 Å². The fourth-order valence-electron chi connectivity index (χ4n) is 3.08. The lowest BCUT2D eigenvalue weighted by Crippen LogP contribution is -2.38. The van der Waals surface area contributed by atoms with Crippen LogP contribution in [0.3, 0.4) is 0 Å². The summed E-state index contributed by atoms with van der Waals surface area (Å²) in [5.41, 5.74) is 1.97. The zero-order valence-electron chi connectivity index (χ0n) is 13.4. The number of carbonyl (C=O) groups excluding carboxylic acids is 1. The highest BCUT2D eigenvalue weighted by molar-refractivity contribution is 7.07. The maximum atomic E-state index is 12.6. The number of likely N-dealkylation sites (N-methyl/N-ethyl adjacent to an activating group) is 1. The van der Waals surface area contributed by atoms with Crippen LogP contribution in [0.4, 0.5) is 11.4 Å². The van der Waals surface area contributed by atoms with Gasteiger partial charge in [0.2, 0.25) is 5.91 Å². The van der Waals surface area contributed by atoms with Gasteiger partial charge in [0.15, 0.2) is 0 Å². The molecule has 0 unspecified atom stereocenters. The number of benzene rings is 1. The van der Waals surface area contributed by atoms with Crippen LogP contribution in [0, 0.1) is 10.1 Å². The van der Waals surface area contributed by atoms with Crippen molar-refractivity contribution < 1.29 is 9.72 Å². The fourth-order valence-corrected chi connectivity index (χ4v) is 3.79. The number of nitrogens with zero attached hydrogens (tertiary/aromatic N) is 3. The Hall–Kier alpha value is -2.25. The molecule has 0 bridgehead atoms. The maximum Gasteiger partial charge on any atom is 0.269 e. The maximum absolute atomic E-state index is 12.6. The summed E-state index contributed by atoms with van der Waals surface area (Å²) < 4.78 is 0. The molecule has 24 heavy (non-hydrogen) atoms. The Morgan fingerprint density at radius 3 is 2.75 bits per heavy atom. The SMILES string of the molecule is CN(C(=O)CN1CCC[C@@H]1c1ccsc1)c1ccc([N+](=O)[O-])cc1. The largest absolute Gasteiger partial charge is 0.314 e. The topological polar surface area (TPSA) is 66.7 Å². The fraction of sp³-hybridized carbons (Fsp3) is 0.353. The van der Waals surface area contributed by atoms with Crippen LogP contribution < -0.4 is 4.90 Å². The zero-order valence-corrected chi connectivity index (χ0v) is 14.2. The van der Waals surface area contributed by atoms with Crippen LogP contribution in [-0.4, -0.2) is 35.9 Å². The van der Waals surface area contributed by atoms with Gasteiger partial charge in [-0.3, -0.25) is 19.8 Å². The van der Waals surface area contributed by atoms with E-state index in [1.165, 1.54) is 17.7 Å². The van der Waals surface area contributed by atoms with Gasteiger partial charge in [-0.1, -0.05) is 0 Å². The van der Waals surface area contributed by atoms with E-state index < -0.39 is 4.92 Å². The molecule has 0 aliphatic carbocycles. The van der Waals surface area contributed by atoms with E-state index in [4.69, 9.17) is 0 Å². The number of hydrogen-bond donors (Lipinski definition) is 0. The van der Waals surface area contributed by atoms with Gasteiger partial charge in [0, 0.05) is 30.9 Å². The third-order valence-corrected chi connectivity index (χ3v) is 5.15. The Bertz CT molecular complexity index is 715. The van der Waals surface area contributed by atoms with Crippen molar-refractivity contribution in [2.75, 3.05) is 25.0 Å². The average Bonchev–Trinajstić information content (AvgIpc) is 3.25. The highest BCUT2D eigenvalue weighted by Crippen LogP contribution is 2.33. The van der Waals surface area contributed by atoms with Crippen LogP contribution in [0.15, 0.2) is 41.1 Å². The van der Waals surface area contributed by atoms with Gasteiger partial charge in [-0.05, 0) is 53.9 Å². The highest BCUT2D eigenvalue weighted by atomic mass is 32.1. The molecule has 2 aromatic rings. The third kappa shape index (κ3) is 3.47. The molecule has 3 rings (SSSR count). The van der Waals surface area contributed by atoms with Crippen LogP contribution in [0.1, 0.15) is 24.4 Å². The lowest BCUT2D eigenvalue weighted by atomic mass is 10.1. The lowest BCUT2D eigenvalue weighted by molar-refractivity contribution is -0.384. The second-order valence-corrected chi connectivity index (χ2v) is 6.69. The van der Waals surface area contributed by atoms with Gasteiger partial charge in [0.05, 0.1) is 11.5 Å². The van der Waals surface area contributed by atoms with E-state index in [1.807, 2.05) is 0 Å². The normalized spacial score (nSPS) is 17.8. The van der Waals surface area contributed by atoms with Crippen LogP contribution in [0.5, 0.6) is 0 Å². The summed E-state index contributed by atoms with van der Waals surface area (Å²) in [7, 11) is 1.71. The molecule has 0 N–H and O–H groups in total. The van der Waals surface area contributed by atoms with Crippen molar-refractivity contribution in [3.05, 3.63) is 56.8 Å². The van der Waals surface area contributed by atoms with Crippen molar-refractivity contribution in [1.29, 1.82) is 0 Å². The number of anilines is 1. The predicted molar refractivity (Wildman–Crippen MR) is 94.4 cm³/mol. The van der Waals surface area contributed by atoms with Crippen LogP contribution in [-0.2, 0) is 4.79 Å². The molecule has 1 saturated heterocycles. The molecule has 0 radical (unpaired) electrons. The van der Waals surface area contributed by atoms with Gasteiger partial charge in [-0.15, -0.1) is 0 Å². The van der Waals surface area contributed by atoms with Gasteiger partial charge < -0.3 is 4.90 Å². The number of thiophene rings is 1. The molecular weight excluding hydrogens is 326 g/mol. The second kappa shape index (κ2) is 7.11. The van der Waals surface area contributed by atoms with E-state index in [0.717, 1.165) is 19.4 Å². The minimum absolute atomic E-state index is 0.00835. The summed E-state index contributed by atoms with van der Waals surface area (Å²) in [4.78, 5) is 26.6. The molecule has 1 aromatic heterocycles. The minimum atomic E-state index is -0.443. The van der Waals surface area contributed by atoms with Crippen LogP contribution >= 0.6 is 11.3 Å². The monoisotopic (exact) mass is 345 g/mol. The second-order valence-electron chi connectivity index (χ2n) is 5.91. The van der Waals surface area contributed by atoms with Gasteiger partial charge in [-0.2, -0.15) is 11.3 Å². The summed E-state index contributed by atoms with van der Waals surface area (Å²) >= 11 is 1.68. The number of non-ortho nitro benzene ring substituents is 1. The molecule has 1 amide bonds. The van der Waals surface area contributed by atoms with Crippen molar-refractivity contribution >= 4 is 28.6 Å². The molecule has 126 valence electrons. The zero-order chi connectivity index (χ0) is 17.1. The molecule has 1 atom stereocenters. The molecule has 0 saturated carbocycles.